The molecule has 0 bridgehead atoms. The zero-order chi connectivity index (χ0) is 24.7. The fourth-order valence-corrected chi connectivity index (χ4v) is 4.76. The first-order valence-electron chi connectivity index (χ1n) is 11.5. The van der Waals surface area contributed by atoms with Gasteiger partial charge in [0.2, 0.25) is 5.91 Å². The molecule has 10 heteroatoms. The number of pyridine rings is 1. The molecule has 0 aliphatic carbocycles. The summed E-state index contributed by atoms with van der Waals surface area (Å²) >= 11 is 0. The van der Waals surface area contributed by atoms with Crippen LogP contribution in [-0.4, -0.2) is 52.2 Å². The third kappa shape index (κ3) is 5.03. The van der Waals surface area contributed by atoms with Crippen LogP contribution in [0.3, 0.4) is 0 Å². The fraction of sp³-hybridized carbons (Fsp3) is 0.652. The lowest BCUT2D eigenvalue weighted by Crippen LogP contribution is -2.49. The number of aromatic nitrogens is 3. The maximum Gasteiger partial charge on any atom is 0.265 e. The predicted molar refractivity (Wildman–Crippen MR) is 130 cm³/mol. The normalized spacial score (nSPS) is 23.9. The van der Waals surface area contributed by atoms with Crippen LogP contribution in [0.1, 0.15) is 54.2 Å². The lowest BCUT2D eigenvalue weighted by Gasteiger charge is -2.40. The Morgan fingerprint density at radius 1 is 1.33 bits per heavy atom. The number of aliphatic hydroxyl groups is 1. The molecular formula is C23H36N4O5Si. The number of fused-ring (bicyclic) bond motifs is 1. The Labute approximate surface area is 195 Å². The van der Waals surface area contributed by atoms with Crippen molar-refractivity contribution in [3.05, 3.63) is 28.8 Å². The van der Waals surface area contributed by atoms with Gasteiger partial charge in [-0.15, -0.1) is 0 Å². The molecule has 0 aromatic carbocycles. The number of nitrogens with zero attached hydrogens (tertiary/aromatic N) is 3. The highest BCUT2D eigenvalue weighted by molar-refractivity contribution is 6.74. The molecule has 0 spiro atoms. The predicted octanol–water partition coefficient (Wildman–Crippen LogP) is 3.44. The number of nitrogens with one attached hydrogen (secondary N) is 1. The van der Waals surface area contributed by atoms with Gasteiger partial charge in [-0.3, -0.25) is 14.2 Å². The lowest BCUT2D eigenvalue weighted by molar-refractivity contribution is -0.118. The van der Waals surface area contributed by atoms with Crippen LogP contribution < -0.4 is 10.9 Å². The van der Waals surface area contributed by atoms with Gasteiger partial charge in [-0.25, -0.2) is 9.97 Å². The Morgan fingerprint density at radius 3 is 2.58 bits per heavy atom. The SMILES string of the molecule is CC[C@H]1O[C@@H](n2cnc3nc(NC(=O)C(C)C)ccc3c2=O)[C@H](O[Si](C)(C)C(C)(C)C)[C@@H]1O. The van der Waals surface area contributed by atoms with Crippen LogP contribution in [0.4, 0.5) is 5.82 Å². The van der Waals surface area contributed by atoms with Gasteiger partial charge in [0.1, 0.15) is 24.4 Å². The summed E-state index contributed by atoms with van der Waals surface area (Å²) in [6.07, 6.45) is -0.828. The van der Waals surface area contributed by atoms with Crippen LogP contribution in [0.25, 0.3) is 11.0 Å². The van der Waals surface area contributed by atoms with E-state index in [0.29, 0.717) is 17.6 Å². The zero-order valence-electron chi connectivity index (χ0n) is 20.7. The van der Waals surface area contributed by atoms with E-state index in [1.54, 1.807) is 26.0 Å². The molecule has 33 heavy (non-hydrogen) atoms. The number of hydrogen-bond acceptors (Lipinski definition) is 7. The standard InChI is InChI=1S/C23H36N4O5Si/c1-9-15-17(28)18(32-33(7,8)23(4,5)6)22(31-15)27-12-24-19-14(21(27)30)10-11-16(25-19)26-20(29)13(2)3/h10-13,15,17-18,22,28H,9H2,1-8H3,(H,25,26,29)/t15-,17-,18-,22-/m1/s1. The number of ether oxygens (including phenoxy) is 1. The molecule has 1 amide bonds. The highest BCUT2D eigenvalue weighted by atomic mass is 28.4. The number of rotatable bonds is 6. The average Bonchev–Trinajstić information content (AvgIpc) is 3.02. The van der Waals surface area contributed by atoms with E-state index in [-0.39, 0.29) is 28.1 Å². The van der Waals surface area contributed by atoms with E-state index in [1.807, 2.05) is 6.92 Å². The summed E-state index contributed by atoms with van der Waals surface area (Å²) in [6, 6.07) is 3.18. The third-order valence-electron chi connectivity index (χ3n) is 6.65. The second-order valence-corrected chi connectivity index (χ2v) is 15.2. The van der Waals surface area contributed by atoms with Crippen LogP contribution in [-0.2, 0) is 14.0 Å². The summed E-state index contributed by atoms with van der Waals surface area (Å²) in [7, 11) is -2.26. The summed E-state index contributed by atoms with van der Waals surface area (Å²) in [5.74, 6) is -0.0259. The molecule has 1 aliphatic heterocycles. The van der Waals surface area contributed by atoms with Crippen LogP contribution in [0, 0.1) is 5.92 Å². The molecule has 3 rings (SSSR count). The number of carbonyl (C=O) groups is 1. The fourth-order valence-electron chi connectivity index (χ4n) is 3.47. The Bertz CT molecular complexity index is 1080. The highest BCUT2D eigenvalue weighted by Gasteiger charge is 2.50. The zero-order valence-corrected chi connectivity index (χ0v) is 21.7. The Morgan fingerprint density at radius 2 is 2.00 bits per heavy atom. The highest BCUT2D eigenvalue weighted by Crippen LogP contribution is 2.42. The van der Waals surface area contributed by atoms with Crippen molar-refractivity contribution in [1.82, 2.24) is 14.5 Å². The van der Waals surface area contributed by atoms with Crippen LogP contribution in [0.2, 0.25) is 18.1 Å². The summed E-state index contributed by atoms with van der Waals surface area (Å²) in [5.41, 5.74) is -0.114. The first-order valence-corrected chi connectivity index (χ1v) is 14.4. The van der Waals surface area contributed by atoms with Gasteiger partial charge in [0.05, 0.1) is 11.5 Å². The molecule has 1 aliphatic rings. The van der Waals surface area contributed by atoms with Crippen molar-refractivity contribution in [2.24, 2.45) is 5.92 Å². The van der Waals surface area contributed by atoms with E-state index in [4.69, 9.17) is 9.16 Å². The Balaban J connectivity index is 1.99. The van der Waals surface area contributed by atoms with Gasteiger partial charge in [-0.1, -0.05) is 41.5 Å². The van der Waals surface area contributed by atoms with Crippen molar-refractivity contribution < 1.29 is 19.1 Å². The summed E-state index contributed by atoms with van der Waals surface area (Å²) < 4.78 is 14.0. The van der Waals surface area contributed by atoms with Crippen LogP contribution in [0.15, 0.2) is 23.3 Å². The van der Waals surface area contributed by atoms with Crippen molar-refractivity contribution in [2.75, 3.05) is 5.32 Å². The second kappa shape index (κ2) is 9.25. The van der Waals surface area contributed by atoms with Gasteiger partial charge >= 0.3 is 0 Å². The van der Waals surface area contributed by atoms with E-state index in [9.17, 15) is 14.7 Å². The number of carbonyl (C=O) groups excluding carboxylic acids is 1. The molecule has 1 saturated heterocycles. The van der Waals surface area contributed by atoms with Gasteiger partial charge < -0.3 is 19.6 Å². The van der Waals surface area contributed by atoms with Crippen LogP contribution in [0.5, 0.6) is 0 Å². The Hall–Kier alpha value is -2.14. The molecule has 9 nitrogen and oxygen atoms in total. The number of amides is 1. The van der Waals surface area contributed by atoms with E-state index < -0.39 is 32.9 Å². The largest absolute Gasteiger partial charge is 0.407 e. The lowest BCUT2D eigenvalue weighted by atomic mass is 10.1. The molecule has 182 valence electrons. The second-order valence-electron chi connectivity index (χ2n) is 10.5. The monoisotopic (exact) mass is 476 g/mol. The van der Waals surface area contributed by atoms with Crippen molar-refractivity contribution in [2.45, 2.75) is 90.6 Å². The van der Waals surface area contributed by atoms with Gasteiger partial charge in [0.25, 0.3) is 5.56 Å². The summed E-state index contributed by atoms with van der Waals surface area (Å²) in [4.78, 5) is 34.0. The average molecular weight is 477 g/mol. The molecule has 2 N–H and O–H groups in total. The molecule has 1 fully saturated rings. The molecule has 2 aromatic rings. The van der Waals surface area contributed by atoms with Crippen molar-refractivity contribution in [3.8, 4) is 0 Å². The molecule has 0 unspecified atom stereocenters. The minimum atomic E-state index is -2.26. The maximum absolute atomic E-state index is 13.4. The topological polar surface area (TPSA) is 116 Å². The van der Waals surface area contributed by atoms with E-state index >= 15 is 0 Å². The number of hydrogen-bond donors (Lipinski definition) is 2. The van der Waals surface area contributed by atoms with Gasteiger partial charge in [0.15, 0.2) is 20.2 Å². The van der Waals surface area contributed by atoms with Gasteiger partial charge in [0, 0.05) is 5.92 Å². The van der Waals surface area contributed by atoms with Gasteiger partial charge in [-0.05, 0) is 36.7 Å². The van der Waals surface area contributed by atoms with Crippen LogP contribution >= 0.6 is 0 Å². The molecule has 2 aromatic heterocycles. The minimum Gasteiger partial charge on any atom is -0.407 e. The molecule has 3 heterocycles. The maximum atomic E-state index is 13.4. The van der Waals surface area contributed by atoms with E-state index in [2.05, 4.69) is 49.1 Å². The first kappa shape index (κ1) is 25.5. The molecule has 0 saturated carbocycles. The third-order valence-corrected chi connectivity index (χ3v) is 11.1. The van der Waals surface area contributed by atoms with Crippen molar-refractivity contribution >= 4 is 31.1 Å². The summed E-state index contributed by atoms with van der Waals surface area (Å²) in [5, 5.41) is 13.9. The van der Waals surface area contributed by atoms with Crippen molar-refractivity contribution in [3.63, 3.8) is 0 Å². The van der Waals surface area contributed by atoms with Gasteiger partial charge in [-0.2, -0.15) is 0 Å². The Kier molecular flexibility index (Phi) is 7.14. The first-order chi connectivity index (χ1) is 15.3. The smallest absolute Gasteiger partial charge is 0.265 e. The van der Waals surface area contributed by atoms with E-state index in [0.717, 1.165) is 0 Å². The molecule has 0 radical (unpaired) electrons. The molecule has 4 atom stereocenters. The quantitative estimate of drug-likeness (QED) is 0.614. The number of anilines is 1. The molecular weight excluding hydrogens is 440 g/mol. The minimum absolute atomic E-state index is 0.0745. The van der Waals surface area contributed by atoms with Crippen molar-refractivity contribution in [1.29, 1.82) is 0 Å². The number of aliphatic hydroxyl groups excluding tert-OH is 1. The summed E-state index contributed by atoms with van der Waals surface area (Å²) in [6.45, 7) is 16.1. The van der Waals surface area contributed by atoms with E-state index in [1.165, 1.54) is 10.9 Å².